The summed E-state index contributed by atoms with van der Waals surface area (Å²) in [5, 5.41) is 0. The Kier molecular flexibility index (Phi) is 7.88. The van der Waals surface area contributed by atoms with Crippen molar-refractivity contribution in [2.24, 2.45) is 0 Å². The van der Waals surface area contributed by atoms with Crippen LogP contribution >= 0.6 is 0 Å². The topological polar surface area (TPSA) is 18.5 Å². The van der Waals surface area contributed by atoms with Crippen LogP contribution in [0, 0.1) is 12.7 Å². The average molecular weight is 523 g/mol. The Morgan fingerprint density at radius 1 is 0.865 bits per heavy atom. The molecule has 1 aliphatic rings. The molecular weight excluding hydrogens is 494 g/mol. The monoisotopic (exact) mass is 522 g/mol. The molecular formula is C29H28F6O2. The molecule has 2 unspecified atom stereocenters. The van der Waals surface area contributed by atoms with Gasteiger partial charge in [-0.1, -0.05) is 61.4 Å². The number of benzene rings is 3. The van der Waals surface area contributed by atoms with Gasteiger partial charge in [0, 0.05) is 5.92 Å². The molecule has 2 atom stereocenters. The summed E-state index contributed by atoms with van der Waals surface area (Å²) in [7, 11) is 0. The second-order valence-corrected chi connectivity index (χ2v) is 9.42. The van der Waals surface area contributed by atoms with Gasteiger partial charge in [0.2, 0.25) is 0 Å². The van der Waals surface area contributed by atoms with Gasteiger partial charge in [0.1, 0.15) is 17.1 Å². The third-order valence-electron chi connectivity index (χ3n) is 6.68. The fraction of sp³-hybridized carbons (Fsp3) is 0.379. The van der Waals surface area contributed by atoms with Gasteiger partial charge < -0.3 is 9.47 Å². The van der Waals surface area contributed by atoms with Crippen LogP contribution in [0.15, 0.2) is 60.7 Å². The summed E-state index contributed by atoms with van der Waals surface area (Å²) in [6.45, 7) is 3.89. The first-order valence-electron chi connectivity index (χ1n) is 12.2. The largest absolute Gasteiger partial charge is 0.429 e. The zero-order valence-corrected chi connectivity index (χ0v) is 20.5. The highest BCUT2D eigenvalue weighted by molar-refractivity contribution is 5.64. The summed E-state index contributed by atoms with van der Waals surface area (Å²) >= 11 is 0. The van der Waals surface area contributed by atoms with E-state index in [1.807, 2.05) is 38.1 Å². The lowest BCUT2D eigenvalue weighted by Gasteiger charge is -2.31. The summed E-state index contributed by atoms with van der Waals surface area (Å²) in [4.78, 5) is 0. The molecule has 4 rings (SSSR count). The summed E-state index contributed by atoms with van der Waals surface area (Å²) in [5.74, 6) is -3.07. The van der Waals surface area contributed by atoms with Crippen LogP contribution in [0.4, 0.5) is 26.3 Å². The van der Waals surface area contributed by atoms with Gasteiger partial charge in [-0.25, -0.2) is 4.39 Å². The summed E-state index contributed by atoms with van der Waals surface area (Å²) in [5.41, 5.74) is -0.875. The Balaban J connectivity index is 1.59. The number of hydrogen-bond acceptors (Lipinski definition) is 2. The molecule has 198 valence electrons. The maximum absolute atomic E-state index is 15.2. The van der Waals surface area contributed by atoms with E-state index < -0.39 is 35.1 Å². The van der Waals surface area contributed by atoms with E-state index >= 15 is 4.39 Å². The van der Waals surface area contributed by atoms with Gasteiger partial charge in [0.15, 0.2) is 0 Å². The van der Waals surface area contributed by atoms with Gasteiger partial charge in [-0.2, -0.15) is 22.0 Å². The van der Waals surface area contributed by atoms with Gasteiger partial charge in [-0.15, -0.1) is 0 Å². The van der Waals surface area contributed by atoms with E-state index in [2.05, 4.69) is 0 Å². The molecule has 37 heavy (non-hydrogen) atoms. The van der Waals surface area contributed by atoms with Crippen molar-refractivity contribution in [2.75, 3.05) is 6.61 Å². The van der Waals surface area contributed by atoms with Crippen molar-refractivity contribution in [3.05, 3.63) is 88.7 Å². The first-order valence-corrected chi connectivity index (χ1v) is 12.2. The third kappa shape index (κ3) is 6.12. The number of hydrogen-bond donors (Lipinski definition) is 0. The average Bonchev–Trinajstić information content (AvgIpc) is 2.84. The molecule has 0 aliphatic carbocycles. The predicted molar refractivity (Wildman–Crippen MR) is 129 cm³/mol. The van der Waals surface area contributed by atoms with Crippen molar-refractivity contribution >= 4 is 0 Å². The van der Waals surface area contributed by atoms with E-state index in [0.29, 0.717) is 18.9 Å². The molecule has 3 aromatic rings. The smallest absolute Gasteiger partial charge is 0.429 e. The van der Waals surface area contributed by atoms with E-state index in [-0.39, 0.29) is 24.0 Å². The van der Waals surface area contributed by atoms with Crippen LogP contribution in [0.25, 0.3) is 11.1 Å². The fourth-order valence-corrected chi connectivity index (χ4v) is 4.71. The van der Waals surface area contributed by atoms with Crippen molar-refractivity contribution in [3.8, 4) is 16.9 Å². The predicted octanol–water partition coefficient (Wildman–Crippen LogP) is 9.01. The normalized spacial score (nSPS) is 18.6. The van der Waals surface area contributed by atoms with Crippen molar-refractivity contribution in [1.82, 2.24) is 0 Å². The number of halogens is 6. The molecule has 0 aromatic heterocycles. The SMILES string of the molecule is CCCC1CCC(c2ccc(C(F)(F)Oc3ccc(-c4ccc(C)cc4)cc3)c(F)c2C(F)(F)F)CO1. The fourth-order valence-electron chi connectivity index (χ4n) is 4.71. The maximum Gasteiger partial charge on any atom is 0.429 e. The van der Waals surface area contributed by atoms with E-state index in [9.17, 15) is 22.0 Å². The van der Waals surface area contributed by atoms with E-state index in [1.165, 1.54) is 12.1 Å². The van der Waals surface area contributed by atoms with Gasteiger partial charge in [-0.05, 0) is 61.1 Å². The van der Waals surface area contributed by atoms with Crippen LogP contribution in [-0.2, 0) is 17.0 Å². The minimum atomic E-state index is -5.17. The van der Waals surface area contributed by atoms with Crippen LogP contribution in [0.5, 0.6) is 5.75 Å². The lowest BCUT2D eigenvalue weighted by Crippen LogP contribution is -2.29. The van der Waals surface area contributed by atoms with Gasteiger partial charge in [0.25, 0.3) is 0 Å². The van der Waals surface area contributed by atoms with Crippen molar-refractivity contribution in [3.63, 3.8) is 0 Å². The minimum absolute atomic E-state index is 0.0211. The van der Waals surface area contributed by atoms with Crippen molar-refractivity contribution in [1.29, 1.82) is 0 Å². The number of rotatable bonds is 7. The summed E-state index contributed by atoms with van der Waals surface area (Å²) < 4.78 is 97.3. The van der Waals surface area contributed by atoms with Crippen molar-refractivity contribution in [2.45, 2.75) is 63.8 Å². The van der Waals surface area contributed by atoms with Gasteiger partial charge >= 0.3 is 12.3 Å². The highest BCUT2D eigenvalue weighted by atomic mass is 19.4. The standard InChI is InChI=1S/C29H28F6O2/c1-3-4-22-12-11-21(17-36-22)24-15-16-25(27(30)26(24)28(31,32)33)29(34,35)37-23-13-9-20(10-14-23)19-7-5-18(2)6-8-19/h5-10,13-16,21-22H,3-4,11-12,17H2,1-2H3. The molecule has 3 aromatic carbocycles. The highest BCUT2D eigenvalue weighted by Crippen LogP contribution is 2.44. The summed E-state index contributed by atoms with van der Waals surface area (Å²) in [6.07, 6.45) is -7.03. The van der Waals surface area contributed by atoms with Crippen LogP contribution in [0.1, 0.15) is 60.8 Å². The molecule has 0 amide bonds. The molecule has 0 saturated carbocycles. The molecule has 0 bridgehead atoms. The second-order valence-electron chi connectivity index (χ2n) is 9.42. The third-order valence-corrected chi connectivity index (χ3v) is 6.68. The molecule has 1 saturated heterocycles. The quantitative estimate of drug-likeness (QED) is 0.288. The van der Waals surface area contributed by atoms with Crippen LogP contribution in [0.2, 0.25) is 0 Å². The first kappa shape index (κ1) is 27.0. The number of ether oxygens (including phenoxy) is 2. The maximum atomic E-state index is 15.2. The molecule has 2 nitrogen and oxygen atoms in total. The zero-order chi connectivity index (χ0) is 26.8. The number of alkyl halides is 5. The molecule has 1 fully saturated rings. The van der Waals surface area contributed by atoms with E-state index in [0.717, 1.165) is 35.6 Å². The molecule has 0 N–H and O–H groups in total. The molecule has 1 heterocycles. The van der Waals surface area contributed by atoms with Crippen LogP contribution in [0.3, 0.4) is 0 Å². The molecule has 1 aliphatic heterocycles. The Hall–Kier alpha value is -3.00. The molecule has 0 radical (unpaired) electrons. The van der Waals surface area contributed by atoms with E-state index in [1.54, 1.807) is 12.1 Å². The molecule has 8 heteroatoms. The zero-order valence-electron chi connectivity index (χ0n) is 20.5. The molecule has 0 spiro atoms. The lowest BCUT2D eigenvalue weighted by molar-refractivity contribution is -0.188. The van der Waals surface area contributed by atoms with Gasteiger partial charge in [-0.3, -0.25) is 0 Å². The number of aryl methyl sites for hydroxylation is 1. The van der Waals surface area contributed by atoms with Crippen LogP contribution in [-0.4, -0.2) is 12.7 Å². The van der Waals surface area contributed by atoms with Crippen LogP contribution < -0.4 is 4.74 Å². The minimum Gasteiger partial charge on any atom is -0.429 e. The summed E-state index contributed by atoms with van der Waals surface area (Å²) in [6, 6.07) is 14.8. The lowest BCUT2D eigenvalue weighted by atomic mass is 9.86. The van der Waals surface area contributed by atoms with Gasteiger partial charge in [0.05, 0.1) is 18.3 Å². The Labute approximate surface area is 212 Å². The van der Waals surface area contributed by atoms with E-state index in [4.69, 9.17) is 9.47 Å². The Morgan fingerprint density at radius 3 is 2.03 bits per heavy atom. The van der Waals surface area contributed by atoms with Crippen molar-refractivity contribution < 1.29 is 35.8 Å². The Bertz CT molecular complexity index is 1190. The first-order chi connectivity index (χ1) is 17.5. The highest BCUT2D eigenvalue weighted by Gasteiger charge is 2.46. The second kappa shape index (κ2) is 10.8. The Morgan fingerprint density at radius 2 is 1.49 bits per heavy atom.